The number of aryl methyl sites for hydroxylation is 1. The molecule has 1 aromatic carbocycles. The largest absolute Gasteiger partial charge is 0.440 e. The molecule has 3 aromatic rings. The first kappa shape index (κ1) is 14.5. The number of nitriles is 1. The van der Waals surface area contributed by atoms with Crippen LogP contribution in [-0.4, -0.2) is 15.0 Å². The standard InChI is InChI=1S/C18H13FN4O/c19-14-6-11(9-20)5-13(7-14)12-1-2-17-15(8-12)23-18(24-17)16-10-21-3-4-22-16/h3-7,10,12H,1-2,8H2. The highest BCUT2D eigenvalue weighted by Gasteiger charge is 2.26. The van der Waals surface area contributed by atoms with E-state index in [4.69, 9.17) is 9.68 Å². The second-order valence-electron chi connectivity index (χ2n) is 5.80. The molecule has 5 nitrogen and oxygen atoms in total. The molecule has 1 aliphatic carbocycles. The number of hydrogen-bond acceptors (Lipinski definition) is 5. The Balaban J connectivity index is 1.64. The molecule has 24 heavy (non-hydrogen) atoms. The third-order valence-electron chi connectivity index (χ3n) is 4.24. The van der Waals surface area contributed by atoms with E-state index in [-0.39, 0.29) is 11.7 Å². The lowest BCUT2D eigenvalue weighted by Crippen LogP contribution is -2.12. The quantitative estimate of drug-likeness (QED) is 0.723. The Bertz CT molecular complexity index is 930. The summed E-state index contributed by atoms with van der Waals surface area (Å²) >= 11 is 0. The van der Waals surface area contributed by atoms with Crippen LogP contribution in [0.3, 0.4) is 0 Å². The van der Waals surface area contributed by atoms with Crippen molar-refractivity contribution in [2.75, 3.05) is 0 Å². The van der Waals surface area contributed by atoms with E-state index in [2.05, 4.69) is 15.0 Å². The van der Waals surface area contributed by atoms with Crippen molar-refractivity contribution in [2.45, 2.75) is 25.2 Å². The molecule has 0 fully saturated rings. The number of hydrogen-bond donors (Lipinski definition) is 0. The highest BCUT2D eigenvalue weighted by atomic mass is 19.1. The van der Waals surface area contributed by atoms with Crippen molar-refractivity contribution < 1.29 is 8.81 Å². The predicted molar refractivity (Wildman–Crippen MR) is 83.4 cm³/mol. The van der Waals surface area contributed by atoms with Crippen LogP contribution in [-0.2, 0) is 12.8 Å². The van der Waals surface area contributed by atoms with Crippen LogP contribution in [0.25, 0.3) is 11.6 Å². The SMILES string of the molecule is N#Cc1cc(F)cc(C2CCc3oc(-c4cnccn4)nc3C2)c1. The van der Waals surface area contributed by atoms with Crippen molar-refractivity contribution in [1.82, 2.24) is 15.0 Å². The summed E-state index contributed by atoms with van der Waals surface area (Å²) in [5, 5.41) is 9.02. The molecule has 4 rings (SSSR count). The van der Waals surface area contributed by atoms with Gasteiger partial charge in [-0.2, -0.15) is 5.26 Å². The Kier molecular flexibility index (Phi) is 3.54. The predicted octanol–water partition coefficient (Wildman–Crippen LogP) is 3.41. The van der Waals surface area contributed by atoms with Crippen LogP contribution in [0.4, 0.5) is 4.39 Å². The third kappa shape index (κ3) is 2.65. The molecule has 0 radical (unpaired) electrons. The Morgan fingerprint density at radius 2 is 2.17 bits per heavy atom. The zero-order chi connectivity index (χ0) is 16.5. The van der Waals surface area contributed by atoms with E-state index in [9.17, 15) is 4.39 Å². The van der Waals surface area contributed by atoms with E-state index in [1.54, 1.807) is 24.7 Å². The van der Waals surface area contributed by atoms with Gasteiger partial charge >= 0.3 is 0 Å². The van der Waals surface area contributed by atoms with E-state index >= 15 is 0 Å². The first-order chi connectivity index (χ1) is 11.7. The Hall–Kier alpha value is -3.07. The lowest BCUT2D eigenvalue weighted by Gasteiger charge is -2.20. The summed E-state index contributed by atoms with van der Waals surface area (Å²) in [6.07, 6.45) is 7.02. The Morgan fingerprint density at radius 1 is 1.25 bits per heavy atom. The maximum Gasteiger partial charge on any atom is 0.247 e. The molecular formula is C18H13FN4O. The van der Waals surface area contributed by atoms with Gasteiger partial charge < -0.3 is 4.42 Å². The fourth-order valence-electron chi connectivity index (χ4n) is 3.10. The van der Waals surface area contributed by atoms with Gasteiger partial charge in [0.1, 0.15) is 17.3 Å². The number of fused-ring (bicyclic) bond motifs is 1. The van der Waals surface area contributed by atoms with Gasteiger partial charge in [-0.15, -0.1) is 0 Å². The summed E-state index contributed by atoms with van der Waals surface area (Å²) in [7, 11) is 0. The molecule has 0 bridgehead atoms. The molecule has 0 saturated carbocycles. The topological polar surface area (TPSA) is 75.6 Å². The molecular weight excluding hydrogens is 307 g/mol. The molecule has 1 unspecified atom stereocenters. The summed E-state index contributed by atoms with van der Waals surface area (Å²) in [5.74, 6) is 1.06. The summed E-state index contributed by atoms with van der Waals surface area (Å²) in [5.41, 5.74) is 2.65. The first-order valence-corrected chi connectivity index (χ1v) is 7.68. The van der Waals surface area contributed by atoms with Gasteiger partial charge in [0, 0.05) is 25.2 Å². The summed E-state index contributed by atoms with van der Waals surface area (Å²) in [4.78, 5) is 12.8. The van der Waals surface area contributed by atoms with E-state index in [0.29, 0.717) is 23.6 Å². The van der Waals surface area contributed by atoms with E-state index in [1.807, 2.05) is 6.07 Å². The molecule has 0 amide bonds. The zero-order valence-corrected chi connectivity index (χ0v) is 12.7. The van der Waals surface area contributed by atoms with Crippen molar-refractivity contribution >= 4 is 0 Å². The van der Waals surface area contributed by atoms with Gasteiger partial charge in [-0.1, -0.05) is 0 Å². The Labute approximate surface area is 137 Å². The average Bonchev–Trinajstić information content (AvgIpc) is 3.05. The smallest absolute Gasteiger partial charge is 0.247 e. The molecule has 0 N–H and O–H groups in total. The molecule has 1 aliphatic rings. The van der Waals surface area contributed by atoms with Crippen molar-refractivity contribution in [1.29, 1.82) is 5.26 Å². The Morgan fingerprint density at radius 3 is 2.96 bits per heavy atom. The van der Waals surface area contributed by atoms with Crippen LogP contribution < -0.4 is 0 Å². The van der Waals surface area contributed by atoms with E-state index in [0.717, 1.165) is 29.9 Å². The second kappa shape index (κ2) is 5.85. The van der Waals surface area contributed by atoms with Crippen molar-refractivity contribution in [2.24, 2.45) is 0 Å². The minimum absolute atomic E-state index is 0.125. The van der Waals surface area contributed by atoms with Gasteiger partial charge in [-0.25, -0.2) is 14.4 Å². The number of rotatable bonds is 2. The van der Waals surface area contributed by atoms with Crippen molar-refractivity contribution in [3.05, 3.63) is 65.2 Å². The van der Waals surface area contributed by atoms with Gasteiger partial charge in [-0.05, 0) is 36.1 Å². The van der Waals surface area contributed by atoms with Crippen LogP contribution in [0.1, 0.15) is 34.9 Å². The van der Waals surface area contributed by atoms with Crippen LogP contribution >= 0.6 is 0 Å². The molecule has 1 atom stereocenters. The molecule has 118 valence electrons. The van der Waals surface area contributed by atoms with Crippen LogP contribution in [0.15, 0.2) is 41.2 Å². The van der Waals surface area contributed by atoms with Gasteiger partial charge in [0.05, 0.1) is 23.5 Å². The third-order valence-corrected chi connectivity index (χ3v) is 4.24. The average molecular weight is 320 g/mol. The number of oxazole rings is 1. The van der Waals surface area contributed by atoms with Crippen LogP contribution in [0.5, 0.6) is 0 Å². The molecule has 0 aliphatic heterocycles. The number of nitrogens with zero attached hydrogens (tertiary/aromatic N) is 4. The maximum atomic E-state index is 13.7. The highest BCUT2D eigenvalue weighted by molar-refractivity contribution is 5.46. The lowest BCUT2D eigenvalue weighted by molar-refractivity contribution is 0.463. The molecule has 6 heteroatoms. The fraction of sp³-hybridized carbons (Fsp3) is 0.222. The summed E-state index contributed by atoms with van der Waals surface area (Å²) in [6.45, 7) is 0. The molecule has 0 saturated heterocycles. The first-order valence-electron chi connectivity index (χ1n) is 7.68. The van der Waals surface area contributed by atoms with Crippen LogP contribution in [0.2, 0.25) is 0 Å². The normalized spacial score (nSPS) is 16.4. The van der Waals surface area contributed by atoms with Gasteiger partial charge in [0.2, 0.25) is 5.89 Å². The van der Waals surface area contributed by atoms with E-state index in [1.165, 1.54) is 12.1 Å². The second-order valence-corrected chi connectivity index (χ2v) is 5.80. The van der Waals surface area contributed by atoms with Crippen LogP contribution in [0, 0.1) is 17.1 Å². The van der Waals surface area contributed by atoms with Crippen molar-refractivity contribution in [3.8, 4) is 17.7 Å². The molecule has 0 spiro atoms. The fourth-order valence-corrected chi connectivity index (χ4v) is 3.10. The van der Waals surface area contributed by atoms with Gasteiger partial charge in [0.25, 0.3) is 0 Å². The number of aromatic nitrogens is 3. The highest BCUT2D eigenvalue weighted by Crippen LogP contribution is 2.35. The van der Waals surface area contributed by atoms with Crippen molar-refractivity contribution in [3.63, 3.8) is 0 Å². The molecule has 2 heterocycles. The monoisotopic (exact) mass is 320 g/mol. The summed E-state index contributed by atoms with van der Waals surface area (Å²) in [6, 6.07) is 6.51. The minimum Gasteiger partial charge on any atom is -0.440 e. The molecule has 2 aromatic heterocycles. The van der Waals surface area contributed by atoms with Gasteiger partial charge in [-0.3, -0.25) is 4.98 Å². The lowest BCUT2D eigenvalue weighted by atomic mass is 9.84. The van der Waals surface area contributed by atoms with E-state index < -0.39 is 0 Å². The van der Waals surface area contributed by atoms with Gasteiger partial charge in [0.15, 0.2) is 0 Å². The summed E-state index contributed by atoms with van der Waals surface area (Å²) < 4.78 is 19.5. The maximum absolute atomic E-state index is 13.7. The minimum atomic E-state index is -0.379. The zero-order valence-electron chi connectivity index (χ0n) is 12.7. The number of benzene rings is 1. The number of halogens is 1.